The first-order valence-corrected chi connectivity index (χ1v) is 7.40. The van der Waals surface area contributed by atoms with E-state index in [0.29, 0.717) is 19.5 Å². The maximum Gasteiger partial charge on any atom is 0.225 e. The average molecular weight is 326 g/mol. The van der Waals surface area contributed by atoms with E-state index in [1.807, 2.05) is 44.3 Å². The molecule has 5 nitrogen and oxygen atoms in total. The van der Waals surface area contributed by atoms with Crippen molar-refractivity contribution in [1.82, 2.24) is 15.5 Å². The van der Waals surface area contributed by atoms with Crippen LogP contribution in [0, 0.1) is 5.92 Å². The number of hydrogen-bond acceptors (Lipinski definition) is 3. The van der Waals surface area contributed by atoms with E-state index in [4.69, 9.17) is 0 Å². The first-order valence-electron chi connectivity index (χ1n) is 7.40. The Morgan fingerprint density at radius 1 is 1.32 bits per heavy atom. The first-order chi connectivity index (χ1) is 10.1. The molecule has 2 unspecified atom stereocenters. The van der Waals surface area contributed by atoms with Crippen LogP contribution in [0.3, 0.4) is 0 Å². The number of halogens is 1. The van der Waals surface area contributed by atoms with E-state index >= 15 is 0 Å². The van der Waals surface area contributed by atoms with Crippen molar-refractivity contribution in [3.63, 3.8) is 0 Å². The van der Waals surface area contributed by atoms with Crippen LogP contribution in [0.15, 0.2) is 30.3 Å². The van der Waals surface area contributed by atoms with Gasteiger partial charge in [0.1, 0.15) is 0 Å². The lowest BCUT2D eigenvalue weighted by molar-refractivity contribution is -0.130. The van der Waals surface area contributed by atoms with Gasteiger partial charge in [-0.1, -0.05) is 30.3 Å². The van der Waals surface area contributed by atoms with Crippen molar-refractivity contribution in [2.75, 3.05) is 26.7 Å². The normalized spacial score (nSPS) is 18.7. The molecular weight excluding hydrogens is 302 g/mol. The van der Waals surface area contributed by atoms with E-state index in [1.165, 1.54) is 0 Å². The van der Waals surface area contributed by atoms with E-state index in [1.54, 1.807) is 4.90 Å². The van der Waals surface area contributed by atoms with Crippen LogP contribution in [-0.2, 0) is 9.59 Å². The van der Waals surface area contributed by atoms with Crippen LogP contribution >= 0.6 is 12.4 Å². The molecule has 1 saturated heterocycles. The average Bonchev–Trinajstić information content (AvgIpc) is 2.89. The van der Waals surface area contributed by atoms with Gasteiger partial charge < -0.3 is 15.5 Å². The highest BCUT2D eigenvalue weighted by Crippen LogP contribution is 2.28. The minimum absolute atomic E-state index is 0. The Bertz CT molecular complexity index is 495. The number of carbonyl (C=O) groups is 2. The first kappa shape index (κ1) is 18.5. The third-order valence-corrected chi connectivity index (χ3v) is 3.95. The van der Waals surface area contributed by atoms with Crippen LogP contribution < -0.4 is 10.6 Å². The van der Waals surface area contributed by atoms with Gasteiger partial charge in [-0.15, -0.1) is 12.4 Å². The molecule has 2 rings (SSSR count). The van der Waals surface area contributed by atoms with Gasteiger partial charge in [0.25, 0.3) is 0 Å². The number of likely N-dealkylation sites (tertiary alicyclic amines) is 1. The lowest BCUT2D eigenvalue weighted by Gasteiger charge is -2.25. The van der Waals surface area contributed by atoms with Gasteiger partial charge >= 0.3 is 0 Å². The van der Waals surface area contributed by atoms with Crippen LogP contribution in [0.5, 0.6) is 0 Å². The number of hydrogen-bond donors (Lipinski definition) is 2. The largest absolute Gasteiger partial charge is 0.355 e. The molecule has 2 N–H and O–H groups in total. The van der Waals surface area contributed by atoms with Gasteiger partial charge in [0, 0.05) is 26.1 Å². The lowest BCUT2D eigenvalue weighted by atomic mass is 10.1. The highest BCUT2D eigenvalue weighted by molar-refractivity contribution is 5.89. The van der Waals surface area contributed by atoms with E-state index < -0.39 is 0 Å². The molecule has 0 saturated carbocycles. The quantitative estimate of drug-likeness (QED) is 0.776. The Labute approximate surface area is 137 Å². The van der Waals surface area contributed by atoms with Gasteiger partial charge in [-0.2, -0.15) is 0 Å². The standard InChI is InChI=1S/C16H23N3O2.ClH/c1-12(13-6-4-3-5-7-13)19-11-14(10-15(19)20)16(21)18-9-8-17-2;/h3-7,12,14,17H,8-11H2,1-2H3,(H,18,21);1H. The van der Waals surface area contributed by atoms with E-state index in [0.717, 1.165) is 12.1 Å². The second kappa shape index (κ2) is 8.76. The molecule has 0 aliphatic carbocycles. The predicted molar refractivity (Wildman–Crippen MR) is 88.9 cm³/mol. The second-order valence-corrected chi connectivity index (χ2v) is 5.43. The van der Waals surface area contributed by atoms with Crippen molar-refractivity contribution in [2.45, 2.75) is 19.4 Å². The van der Waals surface area contributed by atoms with Crippen LogP contribution in [0.25, 0.3) is 0 Å². The summed E-state index contributed by atoms with van der Waals surface area (Å²) in [7, 11) is 1.84. The second-order valence-electron chi connectivity index (χ2n) is 5.43. The van der Waals surface area contributed by atoms with Crippen LogP contribution in [-0.4, -0.2) is 43.4 Å². The number of likely N-dealkylation sites (N-methyl/N-ethyl adjacent to an activating group) is 1. The molecule has 122 valence electrons. The fraction of sp³-hybridized carbons (Fsp3) is 0.500. The van der Waals surface area contributed by atoms with Gasteiger partial charge in [-0.3, -0.25) is 9.59 Å². The molecule has 1 aliphatic heterocycles. The fourth-order valence-electron chi connectivity index (χ4n) is 2.65. The van der Waals surface area contributed by atoms with Gasteiger partial charge in [0.2, 0.25) is 11.8 Å². The molecule has 2 atom stereocenters. The Kier molecular flexibility index (Phi) is 7.35. The third-order valence-electron chi connectivity index (χ3n) is 3.95. The number of nitrogens with one attached hydrogen (secondary N) is 2. The summed E-state index contributed by atoms with van der Waals surface area (Å²) in [6.07, 6.45) is 0.308. The molecule has 0 bridgehead atoms. The number of benzene rings is 1. The monoisotopic (exact) mass is 325 g/mol. The number of carbonyl (C=O) groups excluding carboxylic acids is 2. The summed E-state index contributed by atoms with van der Waals surface area (Å²) in [5.41, 5.74) is 1.10. The summed E-state index contributed by atoms with van der Waals surface area (Å²) in [5.74, 6) is -0.206. The molecule has 0 spiro atoms. The summed E-state index contributed by atoms with van der Waals surface area (Å²) >= 11 is 0. The van der Waals surface area contributed by atoms with Gasteiger partial charge in [-0.05, 0) is 19.5 Å². The molecule has 1 aliphatic rings. The Hall–Kier alpha value is -1.59. The zero-order valence-corrected chi connectivity index (χ0v) is 13.9. The zero-order chi connectivity index (χ0) is 15.2. The van der Waals surface area contributed by atoms with Crippen LogP contribution in [0.4, 0.5) is 0 Å². The topological polar surface area (TPSA) is 61.4 Å². The molecule has 0 aromatic heterocycles. The van der Waals surface area contributed by atoms with Crippen molar-refractivity contribution in [1.29, 1.82) is 0 Å². The Morgan fingerprint density at radius 3 is 2.64 bits per heavy atom. The maximum absolute atomic E-state index is 12.2. The number of amides is 2. The van der Waals surface area contributed by atoms with Crippen LogP contribution in [0.2, 0.25) is 0 Å². The van der Waals surface area contributed by atoms with Crippen LogP contribution in [0.1, 0.15) is 24.9 Å². The Morgan fingerprint density at radius 2 is 2.00 bits per heavy atom. The van der Waals surface area contributed by atoms with Crippen molar-refractivity contribution < 1.29 is 9.59 Å². The lowest BCUT2D eigenvalue weighted by Crippen LogP contribution is -2.36. The molecule has 6 heteroatoms. The minimum Gasteiger partial charge on any atom is -0.355 e. The highest BCUT2D eigenvalue weighted by atomic mass is 35.5. The van der Waals surface area contributed by atoms with E-state index in [9.17, 15) is 9.59 Å². The summed E-state index contributed by atoms with van der Waals surface area (Å²) in [6.45, 7) is 3.83. The number of nitrogens with zero attached hydrogens (tertiary/aromatic N) is 1. The fourth-order valence-corrected chi connectivity index (χ4v) is 2.65. The summed E-state index contributed by atoms with van der Waals surface area (Å²) < 4.78 is 0. The SMILES string of the molecule is CNCCNC(=O)C1CC(=O)N(C(C)c2ccccc2)C1.Cl. The molecule has 0 radical (unpaired) electrons. The van der Waals surface area contributed by atoms with E-state index in [-0.39, 0.29) is 36.2 Å². The summed E-state index contributed by atoms with van der Waals surface area (Å²) in [5, 5.41) is 5.84. The smallest absolute Gasteiger partial charge is 0.225 e. The van der Waals surface area contributed by atoms with E-state index in [2.05, 4.69) is 10.6 Å². The number of rotatable bonds is 6. The molecule has 1 aromatic carbocycles. The van der Waals surface area contributed by atoms with Crippen molar-refractivity contribution in [3.05, 3.63) is 35.9 Å². The van der Waals surface area contributed by atoms with Gasteiger partial charge in [0.05, 0.1) is 12.0 Å². The molecule has 1 fully saturated rings. The predicted octanol–water partition coefficient (Wildman–Crippen LogP) is 1.35. The van der Waals surface area contributed by atoms with Gasteiger partial charge in [0.15, 0.2) is 0 Å². The summed E-state index contributed by atoms with van der Waals surface area (Å²) in [6, 6.07) is 9.92. The molecule has 1 aromatic rings. The molecular formula is C16H24ClN3O2. The van der Waals surface area contributed by atoms with Crippen molar-refractivity contribution in [2.24, 2.45) is 5.92 Å². The minimum atomic E-state index is -0.236. The van der Waals surface area contributed by atoms with Crippen molar-refractivity contribution in [3.8, 4) is 0 Å². The van der Waals surface area contributed by atoms with Crippen molar-refractivity contribution >= 4 is 24.2 Å². The molecule has 22 heavy (non-hydrogen) atoms. The maximum atomic E-state index is 12.2. The highest BCUT2D eigenvalue weighted by Gasteiger charge is 2.36. The molecule has 2 amide bonds. The summed E-state index contributed by atoms with van der Waals surface area (Å²) in [4.78, 5) is 26.0. The Balaban J connectivity index is 0.00000242. The zero-order valence-electron chi connectivity index (χ0n) is 13.0. The third kappa shape index (κ3) is 4.45. The molecule has 1 heterocycles. The van der Waals surface area contributed by atoms with Gasteiger partial charge in [-0.25, -0.2) is 0 Å².